The third-order valence-corrected chi connectivity index (χ3v) is 9.76. The van der Waals surface area contributed by atoms with Gasteiger partial charge in [-0.15, -0.1) is 0 Å². The molecule has 0 saturated heterocycles. The van der Waals surface area contributed by atoms with E-state index in [0.717, 1.165) is 43.0 Å². The Kier molecular flexibility index (Phi) is 14.9. The van der Waals surface area contributed by atoms with Gasteiger partial charge in [0.15, 0.2) is 0 Å². The molecule has 18 heteroatoms. The van der Waals surface area contributed by atoms with Crippen LogP contribution in [0.25, 0.3) is 11.6 Å². The number of hydrogen-bond acceptors (Lipinski definition) is 7. The number of ether oxygens (including phenoxy) is 1. The van der Waals surface area contributed by atoms with E-state index in [1.54, 1.807) is 42.5 Å². The molecule has 1 aliphatic heterocycles. The van der Waals surface area contributed by atoms with Gasteiger partial charge in [0.2, 0.25) is 0 Å². The molecule has 0 atom stereocenters. The number of H-pyrrole nitrogens is 1. The van der Waals surface area contributed by atoms with Crippen LogP contribution in [0.1, 0.15) is 62.8 Å². The number of likely N-dealkylation sites (N-methyl/N-ethyl adjacent to an activating group) is 1. The molecule has 0 bridgehead atoms. The summed E-state index contributed by atoms with van der Waals surface area (Å²) in [6.45, 7) is 11.1. The van der Waals surface area contributed by atoms with Gasteiger partial charge >= 0.3 is 12.2 Å². The Labute approximate surface area is 353 Å². The van der Waals surface area contributed by atoms with Crippen LogP contribution >= 0.6 is 11.6 Å². The van der Waals surface area contributed by atoms with Crippen LogP contribution in [-0.2, 0) is 11.0 Å². The van der Waals surface area contributed by atoms with E-state index in [0.29, 0.717) is 51.8 Å². The van der Waals surface area contributed by atoms with Crippen molar-refractivity contribution in [3.8, 4) is 11.5 Å². The van der Waals surface area contributed by atoms with E-state index in [1.165, 1.54) is 37.5 Å². The van der Waals surface area contributed by atoms with Gasteiger partial charge in [-0.2, -0.15) is 13.2 Å². The summed E-state index contributed by atoms with van der Waals surface area (Å²) in [7, 11) is 1.49. The van der Waals surface area contributed by atoms with E-state index in [-0.39, 0.29) is 29.1 Å². The maximum absolute atomic E-state index is 13.7. The Bertz CT molecular complexity index is 2450. The number of nitrogens with one attached hydrogen (secondary N) is 6. The van der Waals surface area contributed by atoms with Crippen molar-refractivity contribution in [1.82, 2.24) is 25.5 Å². The molecule has 1 aliphatic rings. The summed E-state index contributed by atoms with van der Waals surface area (Å²) in [5.41, 5.74) is 3.66. The van der Waals surface area contributed by atoms with Gasteiger partial charge in [0.25, 0.3) is 17.7 Å². The monoisotopic (exact) mass is 862 g/mol. The highest BCUT2D eigenvalue weighted by Gasteiger charge is 2.33. The molecule has 6 N–H and O–H groups in total. The molecular weight excluding hydrogens is 820 g/mol. The Hall–Kier alpha value is -6.72. The van der Waals surface area contributed by atoms with Crippen LogP contribution < -0.4 is 31.3 Å². The quantitative estimate of drug-likeness (QED) is 0.0538. The summed E-state index contributed by atoms with van der Waals surface area (Å²) in [5.74, 6) is -0.376. The number of alkyl halides is 3. The summed E-state index contributed by atoms with van der Waals surface area (Å²) < 4.78 is 58.1. The fourth-order valence-electron chi connectivity index (χ4n) is 6.25. The molecule has 13 nitrogen and oxygen atoms in total. The minimum Gasteiger partial charge on any atom is -0.457 e. The van der Waals surface area contributed by atoms with Crippen molar-refractivity contribution in [2.75, 3.05) is 49.2 Å². The van der Waals surface area contributed by atoms with Crippen molar-refractivity contribution in [1.29, 1.82) is 0 Å². The Morgan fingerprint density at radius 1 is 0.902 bits per heavy atom. The van der Waals surface area contributed by atoms with E-state index < -0.39 is 28.6 Å². The first kappa shape index (κ1) is 45.4. The third-order valence-electron chi connectivity index (χ3n) is 9.43. The number of benzene rings is 3. The molecule has 5 aromatic rings. The lowest BCUT2D eigenvalue weighted by Crippen LogP contribution is -2.35. The summed E-state index contributed by atoms with van der Waals surface area (Å²) >= 11 is 5.57. The van der Waals surface area contributed by atoms with Crippen LogP contribution in [0.2, 0.25) is 5.02 Å². The molecule has 5 amide bonds. The lowest BCUT2D eigenvalue weighted by atomic mass is 10.0. The van der Waals surface area contributed by atoms with Crippen LogP contribution in [-0.4, -0.2) is 71.8 Å². The van der Waals surface area contributed by atoms with E-state index in [2.05, 4.69) is 55.3 Å². The van der Waals surface area contributed by atoms with Gasteiger partial charge in [0.05, 0.1) is 21.7 Å². The number of nitrogens with zero attached hydrogens (tertiary/aromatic N) is 2. The Morgan fingerprint density at radius 3 is 2.26 bits per heavy atom. The first-order valence-corrected chi connectivity index (χ1v) is 19.3. The largest absolute Gasteiger partial charge is 0.457 e. The van der Waals surface area contributed by atoms with Crippen LogP contribution in [0.5, 0.6) is 11.5 Å². The maximum Gasteiger partial charge on any atom is 0.417 e. The number of aryl methyl sites for hydroxylation is 1. The number of fused-ring (bicyclic) bond motifs is 1. The number of halogens is 5. The number of aromatic nitrogens is 2. The van der Waals surface area contributed by atoms with Gasteiger partial charge in [-0.05, 0) is 105 Å². The van der Waals surface area contributed by atoms with Gasteiger partial charge < -0.3 is 41.2 Å². The molecule has 0 unspecified atom stereocenters. The van der Waals surface area contributed by atoms with Crippen molar-refractivity contribution in [3.63, 3.8) is 0 Å². The fraction of sp³-hybridized carbons (Fsp3) is 0.233. The molecule has 0 saturated carbocycles. The minimum atomic E-state index is -4.64. The number of carbonyl (C=O) groups is 4. The fourth-order valence-corrected chi connectivity index (χ4v) is 6.47. The highest BCUT2D eigenvalue weighted by molar-refractivity contribution is 6.35. The number of aromatic amines is 1. The van der Waals surface area contributed by atoms with E-state index >= 15 is 0 Å². The van der Waals surface area contributed by atoms with Crippen LogP contribution in [0.15, 0.2) is 79.0 Å². The van der Waals surface area contributed by atoms with Crippen molar-refractivity contribution in [2.45, 2.75) is 33.9 Å². The maximum atomic E-state index is 13.7. The normalized spacial score (nSPS) is 12.6. The standard InChI is InChI=1S/C22H27FN4O2.C21H16ClF3N4O3/c1-5-27(6-2)10-9-24-22(29)20-13(3)19(25-14(20)4)12-17-16-11-15(23)7-8-18(16)26-21(17)28;1-26-19(30)18-11-15(8-9-27-18)32-14-5-2-12(3-6-14)28-20(31)29-13-4-7-17(22)16(10-13)21(23,24)25/h7-8,11-12,25H,5-6,9-10H2,1-4H3,(H,24,29)(H,26,28);2-11H,1H3,(H,26,30)(H2,28,29,31)/b17-12-;. The lowest BCUT2D eigenvalue weighted by molar-refractivity contribution is -0.137. The van der Waals surface area contributed by atoms with Gasteiger partial charge in [-0.3, -0.25) is 19.4 Å². The first-order valence-electron chi connectivity index (χ1n) is 18.9. The SMILES string of the molecule is CCN(CC)CCNC(=O)c1c(C)[nH]c(/C=C2\C(=O)Nc3ccc(F)cc32)c1C.CNC(=O)c1cc(Oc2ccc(NC(=O)Nc3ccc(Cl)c(C(F)(F)F)c3)cc2)ccn1. The number of hydrogen-bond donors (Lipinski definition) is 6. The second kappa shape index (κ2) is 20.0. The van der Waals surface area contributed by atoms with E-state index in [9.17, 15) is 36.7 Å². The zero-order valence-corrected chi connectivity index (χ0v) is 34.5. The van der Waals surface area contributed by atoms with Crippen LogP contribution in [0.3, 0.4) is 0 Å². The molecule has 0 radical (unpaired) electrons. The highest BCUT2D eigenvalue weighted by atomic mass is 35.5. The second-order valence-corrected chi connectivity index (χ2v) is 13.9. The van der Waals surface area contributed by atoms with Crippen LogP contribution in [0.4, 0.5) is 39.4 Å². The van der Waals surface area contributed by atoms with Crippen molar-refractivity contribution in [3.05, 3.63) is 129 Å². The molecule has 3 heterocycles. The molecule has 320 valence electrons. The highest BCUT2D eigenvalue weighted by Crippen LogP contribution is 2.37. The zero-order chi connectivity index (χ0) is 44.4. The summed E-state index contributed by atoms with van der Waals surface area (Å²) in [6.07, 6.45) is -1.53. The molecule has 0 spiro atoms. The average Bonchev–Trinajstić information content (AvgIpc) is 3.69. The lowest BCUT2D eigenvalue weighted by Gasteiger charge is -2.18. The molecular formula is C43H43ClF4N8O5. The minimum absolute atomic E-state index is 0.0659. The van der Waals surface area contributed by atoms with Gasteiger partial charge in [-0.25, -0.2) is 9.18 Å². The summed E-state index contributed by atoms with van der Waals surface area (Å²) in [5, 5.41) is 12.5. The van der Waals surface area contributed by atoms with Crippen molar-refractivity contribution >= 4 is 64.1 Å². The third kappa shape index (κ3) is 11.7. The molecule has 2 aromatic heterocycles. The summed E-state index contributed by atoms with van der Waals surface area (Å²) in [4.78, 5) is 58.2. The van der Waals surface area contributed by atoms with E-state index in [4.69, 9.17) is 16.3 Å². The second-order valence-electron chi connectivity index (χ2n) is 13.5. The number of anilines is 3. The predicted octanol–water partition coefficient (Wildman–Crippen LogP) is 8.88. The van der Waals surface area contributed by atoms with E-state index in [1.807, 2.05) is 13.8 Å². The summed E-state index contributed by atoms with van der Waals surface area (Å²) in [6, 6.07) is 15.8. The smallest absolute Gasteiger partial charge is 0.417 e. The molecule has 61 heavy (non-hydrogen) atoms. The molecule has 0 fully saturated rings. The van der Waals surface area contributed by atoms with Gasteiger partial charge in [0, 0.05) is 66.4 Å². The molecule has 0 aliphatic carbocycles. The average molecular weight is 863 g/mol. The zero-order valence-electron chi connectivity index (χ0n) is 33.7. The number of pyridine rings is 1. The van der Waals surface area contributed by atoms with Gasteiger partial charge in [0.1, 0.15) is 23.0 Å². The molecule has 3 aromatic carbocycles. The number of amides is 5. The van der Waals surface area contributed by atoms with Crippen LogP contribution in [0, 0.1) is 19.7 Å². The van der Waals surface area contributed by atoms with Crippen molar-refractivity contribution in [2.24, 2.45) is 0 Å². The first-order chi connectivity index (χ1) is 29.0. The number of rotatable bonds is 12. The Morgan fingerprint density at radius 2 is 1.59 bits per heavy atom. The van der Waals surface area contributed by atoms with Gasteiger partial charge in [-0.1, -0.05) is 25.4 Å². The number of carbonyl (C=O) groups excluding carboxylic acids is 4. The predicted molar refractivity (Wildman–Crippen MR) is 227 cm³/mol. The Balaban J connectivity index is 0.000000232. The van der Waals surface area contributed by atoms with Crippen molar-refractivity contribution < 1.29 is 41.5 Å². The molecule has 6 rings (SSSR count). The number of urea groups is 1. The topological polar surface area (TPSA) is 170 Å².